The first-order chi connectivity index (χ1) is 7.81. The first-order valence-electron chi connectivity index (χ1n) is 4.75. The second-order valence-corrected chi connectivity index (χ2v) is 3.17. The summed E-state index contributed by atoms with van der Waals surface area (Å²) in [6.07, 6.45) is 3.79. The molecule has 0 saturated heterocycles. The molecule has 2 heterocycles. The molecule has 16 heavy (non-hydrogen) atoms. The van der Waals surface area contributed by atoms with Crippen LogP contribution < -0.4 is 4.74 Å². The van der Waals surface area contributed by atoms with Crippen molar-refractivity contribution in [3.63, 3.8) is 0 Å². The predicted molar refractivity (Wildman–Crippen MR) is 56.9 cm³/mol. The standard InChI is InChI=1S/C11H11N3O2/c1-16-10-5-9(13-7-14-10)11(15)8-3-2-4-12-6-8/h2-7,11,15H,1H3. The zero-order valence-corrected chi connectivity index (χ0v) is 8.74. The van der Waals surface area contributed by atoms with E-state index in [4.69, 9.17) is 4.74 Å². The monoisotopic (exact) mass is 217 g/mol. The van der Waals surface area contributed by atoms with Gasteiger partial charge in [-0.2, -0.15) is 0 Å². The normalized spacial score (nSPS) is 12.1. The lowest BCUT2D eigenvalue weighted by molar-refractivity contribution is 0.214. The Morgan fingerprint density at radius 3 is 2.94 bits per heavy atom. The molecule has 82 valence electrons. The Morgan fingerprint density at radius 2 is 2.25 bits per heavy atom. The van der Waals surface area contributed by atoms with Crippen molar-refractivity contribution in [3.8, 4) is 5.88 Å². The summed E-state index contributed by atoms with van der Waals surface area (Å²) in [4.78, 5) is 11.8. The molecule has 2 aromatic rings. The maximum atomic E-state index is 10.0. The van der Waals surface area contributed by atoms with Crippen LogP contribution in [0.25, 0.3) is 0 Å². The number of methoxy groups -OCH3 is 1. The molecule has 1 atom stereocenters. The number of rotatable bonds is 3. The zero-order chi connectivity index (χ0) is 11.4. The second kappa shape index (κ2) is 4.67. The summed E-state index contributed by atoms with van der Waals surface area (Å²) in [5, 5.41) is 10.0. The van der Waals surface area contributed by atoms with Crippen LogP contribution in [-0.4, -0.2) is 27.2 Å². The Hall–Kier alpha value is -2.01. The van der Waals surface area contributed by atoms with Crippen molar-refractivity contribution >= 4 is 0 Å². The van der Waals surface area contributed by atoms with Crippen molar-refractivity contribution in [2.45, 2.75) is 6.10 Å². The number of hydrogen-bond acceptors (Lipinski definition) is 5. The number of aliphatic hydroxyl groups is 1. The van der Waals surface area contributed by atoms with Gasteiger partial charge >= 0.3 is 0 Å². The van der Waals surface area contributed by atoms with Crippen molar-refractivity contribution in [2.75, 3.05) is 7.11 Å². The van der Waals surface area contributed by atoms with E-state index in [-0.39, 0.29) is 0 Å². The molecule has 5 nitrogen and oxygen atoms in total. The van der Waals surface area contributed by atoms with E-state index < -0.39 is 6.10 Å². The van der Waals surface area contributed by atoms with Crippen LogP contribution in [-0.2, 0) is 0 Å². The quantitative estimate of drug-likeness (QED) is 0.829. The largest absolute Gasteiger partial charge is 0.481 e. The molecule has 2 rings (SSSR count). The van der Waals surface area contributed by atoms with E-state index in [0.29, 0.717) is 17.1 Å². The molecule has 0 aliphatic heterocycles. The highest BCUT2D eigenvalue weighted by atomic mass is 16.5. The SMILES string of the molecule is COc1cc(C(O)c2cccnc2)ncn1. The highest BCUT2D eigenvalue weighted by Gasteiger charge is 2.12. The predicted octanol–water partition coefficient (Wildman–Crippen LogP) is 0.962. The summed E-state index contributed by atoms with van der Waals surface area (Å²) in [6.45, 7) is 0. The van der Waals surface area contributed by atoms with Gasteiger partial charge in [-0.15, -0.1) is 0 Å². The maximum absolute atomic E-state index is 10.0. The third kappa shape index (κ3) is 2.14. The van der Waals surface area contributed by atoms with E-state index in [1.165, 1.54) is 13.4 Å². The topological polar surface area (TPSA) is 68.1 Å². The lowest BCUT2D eigenvalue weighted by Gasteiger charge is -2.10. The molecule has 0 fully saturated rings. The first kappa shape index (κ1) is 10.5. The van der Waals surface area contributed by atoms with E-state index in [2.05, 4.69) is 15.0 Å². The number of pyridine rings is 1. The number of aliphatic hydroxyl groups excluding tert-OH is 1. The summed E-state index contributed by atoms with van der Waals surface area (Å²) in [5.41, 5.74) is 1.17. The average molecular weight is 217 g/mol. The Bertz CT molecular complexity index is 462. The Balaban J connectivity index is 2.30. The van der Waals surface area contributed by atoms with Gasteiger partial charge in [0.1, 0.15) is 12.4 Å². The molecular weight excluding hydrogens is 206 g/mol. The average Bonchev–Trinajstić information content (AvgIpc) is 2.39. The van der Waals surface area contributed by atoms with E-state index in [0.717, 1.165) is 0 Å². The smallest absolute Gasteiger partial charge is 0.216 e. The van der Waals surface area contributed by atoms with Gasteiger partial charge in [0.05, 0.1) is 12.8 Å². The minimum Gasteiger partial charge on any atom is -0.481 e. The number of aromatic nitrogens is 3. The lowest BCUT2D eigenvalue weighted by atomic mass is 10.1. The minimum atomic E-state index is -0.814. The molecule has 0 aliphatic rings. The molecule has 2 aromatic heterocycles. The van der Waals surface area contributed by atoms with E-state index in [9.17, 15) is 5.11 Å². The number of hydrogen-bond donors (Lipinski definition) is 1. The van der Waals surface area contributed by atoms with Crippen molar-refractivity contribution in [1.82, 2.24) is 15.0 Å². The number of nitrogens with zero attached hydrogens (tertiary/aromatic N) is 3. The summed E-state index contributed by atoms with van der Waals surface area (Å²) < 4.78 is 4.96. The molecule has 0 aliphatic carbocycles. The molecule has 0 amide bonds. The fraction of sp³-hybridized carbons (Fsp3) is 0.182. The van der Waals surface area contributed by atoms with E-state index >= 15 is 0 Å². The van der Waals surface area contributed by atoms with Crippen LogP contribution in [0.4, 0.5) is 0 Å². The molecule has 0 spiro atoms. The van der Waals surface area contributed by atoms with Crippen LogP contribution in [0.2, 0.25) is 0 Å². The van der Waals surface area contributed by atoms with Gasteiger partial charge in [-0.3, -0.25) is 4.98 Å². The zero-order valence-electron chi connectivity index (χ0n) is 8.74. The third-order valence-electron chi connectivity index (χ3n) is 2.15. The van der Waals surface area contributed by atoms with E-state index in [1.54, 1.807) is 30.6 Å². The van der Waals surface area contributed by atoms with Gasteiger partial charge in [0.15, 0.2) is 0 Å². The van der Waals surface area contributed by atoms with Gasteiger partial charge in [-0.25, -0.2) is 9.97 Å². The second-order valence-electron chi connectivity index (χ2n) is 3.17. The summed E-state index contributed by atoms with van der Waals surface area (Å²) in [6, 6.07) is 5.14. The van der Waals surface area contributed by atoms with Crippen LogP contribution in [0.5, 0.6) is 5.88 Å². The molecule has 5 heteroatoms. The third-order valence-corrected chi connectivity index (χ3v) is 2.15. The van der Waals surface area contributed by atoms with Gasteiger partial charge in [-0.1, -0.05) is 6.07 Å². The molecule has 1 N–H and O–H groups in total. The van der Waals surface area contributed by atoms with Crippen LogP contribution >= 0.6 is 0 Å². The lowest BCUT2D eigenvalue weighted by Crippen LogP contribution is -2.03. The van der Waals surface area contributed by atoms with Crippen LogP contribution in [0.3, 0.4) is 0 Å². The molecule has 0 aromatic carbocycles. The summed E-state index contributed by atoms with van der Waals surface area (Å²) in [5.74, 6) is 0.424. The van der Waals surface area contributed by atoms with Gasteiger partial charge in [-0.05, 0) is 6.07 Å². The number of ether oxygens (including phenoxy) is 1. The summed E-state index contributed by atoms with van der Waals surface area (Å²) in [7, 11) is 1.52. The molecule has 0 radical (unpaired) electrons. The molecule has 0 bridgehead atoms. The maximum Gasteiger partial charge on any atom is 0.216 e. The van der Waals surface area contributed by atoms with Crippen molar-refractivity contribution in [3.05, 3.63) is 48.2 Å². The van der Waals surface area contributed by atoms with Crippen LogP contribution in [0.15, 0.2) is 36.9 Å². The molecule has 1 unspecified atom stereocenters. The van der Waals surface area contributed by atoms with Gasteiger partial charge in [0, 0.05) is 24.0 Å². The molecular formula is C11H11N3O2. The van der Waals surface area contributed by atoms with Crippen molar-refractivity contribution < 1.29 is 9.84 Å². The minimum absolute atomic E-state index is 0.424. The Kier molecular flexibility index (Phi) is 3.07. The summed E-state index contributed by atoms with van der Waals surface area (Å²) >= 11 is 0. The van der Waals surface area contributed by atoms with Crippen molar-refractivity contribution in [1.29, 1.82) is 0 Å². The highest BCUT2D eigenvalue weighted by Crippen LogP contribution is 2.20. The van der Waals surface area contributed by atoms with Crippen LogP contribution in [0.1, 0.15) is 17.4 Å². The highest BCUT2D eigenvalue weighted by molar-refractivity contribution is 5.25. The van der Waals surface area contributed by atoms with Crippen LogP contribution in [0, 0.1) is 0 Å². The fourth-order valence-corrected chi connectivity index (χ4v) is 1.32. The Morgan fingerprint density at radius 1 is 1.38 bits per heavy atom. The Labute approximate surface area is 92.8 Å². The fourth-order valence-electron chi connectivity index (χ4n) is 1.32. The first-order valence-corrected chi connectivity index (χ1v) is 4.75. The van der Waals surface area contributed by atoms with Crippen molar-refractivity contribution in [2.24, 2.45) is 0 Å². The van der Waals surface area contributed by atoms with E-state index in [1.807, 2.05) is 0 Å². The van der Waals surface area contributed by atoms with Gasteiger partial charge in [0.25, 0.3) is 0 Å². The van der Waals surface area contributed by atoms with Gasteiger partial charge in [0.2, 0.25) is 5.88 Å². The van der Waals surface area contributed by atoms with Gasteiger partial charge < -0.3 is 9.84 Å². The molecule has 0 saturated carbocycles.